The standard InChI is InChI=1S/C22H22F2N4O/c1-14-5-2-3-6-17(14)21-15(12-27-10-4-7-20(27)22(25)29)13-28(26-21)19-9-8-16(23)11-18(19)24/h2-3,5-6,8-9,11,13,20H,4,7,10,12H2,1H3,(H2,25,29)/t20-/m1/s1. The number of hydrogen-bond acceptors (Lipinski definition) is 3. The molecular formula is C22H22F2N4O. The summed E-state index contributed by atoms with van der Waals surface area (Å²) in [4.78, 5) is 13.8. The maximum Gasteiger partial charge on any atom is 0.234 e. The number of halogens is 2. The lowest BCUT2D eigenvalue weighted by Gasteiger charge is -2.21. The average Bonchev–Trinajstić information content (AvgIpc) is 3.30. The molecule has 0 bridgehead atoms. The summed E-state index contributed by atoms with van der Waals surface area (Å²) in [6.07, 6.45) is 3.37. The van der Waals surface area contributed by atoms with Crippen molar-refractivity contribution in [2.45, 2.75) is 32.4 Å². The van der Waals surface area contributed by atoms with Crippen LogP contribution in [0.1, 0.15) is 24.0 Å². The molecule has 1 saturated heterocycles. The number of primary amides is 1. The van der Waals surface area contributed by atoms with Gasteiger partial charge >= 0.3 is 0 Å². The zero-order valence-corrected chi connectivity index (χ0v) is 16.1. The van der Waals surface area contributed by atoms with Crippen LogP contribution in [-0.2, 0) is 11.3 Å². The van der Waals surface area contributed by atoms with Gasteiger partial charge in [-0.3, -0.25) is 9.69 Å². The van der Waals surface area contributed by atoms with Crippen LogP contribution < -0.4 is 5.73 Å². The summed E-state index contributed by atoms with van der Waals surface area (Å²) < 4.78 is 29.1. The van der Waals surface area contributed by atoms with Crippen LogP contribution in [0, 0.1) is 18.6 Å². The molecule has 1 aliphatic heterocycles. The first-order valence-corrected chi connectivity index (χ1v) is 9.57. The Morgan fingerprint density at radius 3 is 2.76 bits per heavy atom. The van der Waals surface area contributed by atoms with Gasteiger partial charge in [0.2, 0.25) is 5.91 Å². The second-order valence-electron chi connectivity index (χ2n) is 7.39. The summed E-state index contributed by atoms with van der Waals surface area (Å²) in [5, 5.41) is 4.63. The summed E-state index contributed by atoms with van der Waals surface area (Å²) in [7, 11) is 0. The highest BCUT2D eigenvalue weighted by atomic mass is 19.1. The molecule has 1 atom stereocenters. The molecule has 1 aromatic heterocycles. The van der Waals surface area contributed by atoms with Crippen LogP contribution in [0.3, 0.4) is 0 Å². The van der Waals surface area contributed by atoms with Gasteiger partial charge in [0.25, 0.3) is 0 Å². The van der Waals surface area contributed by atoms with Gasteiger partial charge in [-0.2, -0.15) is 5.10 Å². The Kier molecular flexibility index (Phi) is 5.15. The van der Waals surface area contributed by atoms with Gasteiger partial charge in [0.15, 0.2) is 5.82 Å². The second-order valence-corrected chi connectivity index (χ2v) is 7.39. The van der Waals surface area contributed by atoms with Crippen molar-refractivity contribution in [3.05, 3.63) is 71.4 Å². The van der Waals surface area contributed by atoms with E-state index in [2.05, 4.69) is 5.10 Å². The van der Waals surface area contributed by atoms with Crippen molar-refractivity contribution in [3.63, 3.8) is 0 Å². The maximum absolute atomic E-state index is 14.4. The number of carbonyl (C=O) groups is 1. The summed E-state index contributed by atoms with van der Waals surface area (Å²) in [6.45, 7) is 3.22. The summed E-state index contributed by atoms with van der Waals surface area (Å²) in [6, 6.07) is 10.9. The van der Waals surface area contributed by atoms with Crippen LogP contribution in [0.25, 0.3) is 16.9 Å². The van der Waals surface area contributed by atoms with Gasteiger partial charge in [-0.1, -0.05) is 24.3 Å². The molecule has 3 aromatic rings. The van der Waals surface area contributed by atoms with E-state index in [4.69, 9.17) is 5.73 Å². The van der Waals surface area contributed by atoms with Gasteiger partial charge in [-0.15, -0.1) is 0 Å². The first-order valence-electron chi connectivity index (χ1n) is 9.57. The predicted octanol–water partition coefficient (Wildman–Crippen LogP) is 3.58. The molecule has 1 aliphatic rings. The molecule has 0 spiro atoms. The lowest BCUT2D eigenvalue weighted by atomic mass is 10.0. The van der Waals surface area contributed by atoms with Crippen molar-refractivity contribution in [3.8, 4) is 16.9 Å². The molecular weight excluding hydrogens is 374 g/mol. The number of nitrogens with two attached hydrogens (primary N) is 1. The molecule has 0 aliphatic carbocycles. The molecule has 1 fully saturated rings. The van der Waals surface area contributed by atoms with Crippen LogP contribution in [0.4, 0.5) is 8.78 Å². The van der Waals surface area contributed by atoms with E-state index in [1.165, 1.54) is 16.8 Å². The Labute approximate surface area is 167 Å². The number of rotatable bonds is 5. The molecule has 0 unspecified atom stereocenters. The molecule has 29 heavy (non-hydrogen) atoms. The van der Waals surface area contributed by atoms with E-state index < -0.39 is 11.6 Å². The van der Waals surface area contributed by atoms with E-state index >= 15 is 0 Å². The number of carbonyl (C=O) groups excluding carboxylic acids is 1. The first-order chi connectivity index (χ1) is 13.9. The molecule has 150 valence electrons. The van der Waals surface area contributed by atoms with Crippen molar-refractivity contribution < 1.29 is 13.6 Å². The third-order valence-corrected chi connectivity index (χ3v) is 5.41. The van der Waals surface area contributed by atoms with E-state index in [-0.39, 0.29) is 17.6 Å². The number of aromatic nitrogens is 2. The van der Waals surface area contributed by atoms with Crippen LogP contribution in [0.5, 0.6) is 0 Å². The Morgan fingerprint density at radius 2 is 2.03 bits per heavy atom. The van der Waals surface area contributed by atoms with Gasteiger partial charge < -0.3 is 5.73 Å². The highest BCUT2D eigenvalue weighted by Crippen LogP contribution is 2.30. The quantitative estimate of drug-likeness (QED) is 0.717. The Balaban J connectivity index is 1.79. The zero-order valence-electron chi connectivity index (χ0n) is 16.1. The normalized spacial score (nSPS) is 17.0. The van der Waals surface area contributed by atoms with Crippen LogP contribution >= 0.6 is 0 Å². The molecule has 1 amide bonds. The molecule has 2 heterocycles. The summed E-state index contributed by atoms with van der Waals surface area (Å²) in [5.41, 5.74) is 9.26. The summed E-state index contributed by atoms with van der Waals surface area (Å²) in [5.74, 6) is -1.66. The van der Waals surface area contributed by atoms with E-state index in [1.54, 1.807) is 6.20 Å². The minimum absolute atomic E-state index is 0.167. The van der Waals surface area contributed by atoms with Crippen molar-refractivity contribution >= 4 is 5.91 Å². The SMILES string of the molecule is Cc1ccccc1-c1nn(-c2ccc(F)cc2F)cc1CN1CCC[C@@H]1C(N)=O. The predicted molar refractivity (Wildman–Crippen MR) is 106 cm³/mol. The molecule has 7 heteroatoms. The number of benzene rings is 2. The van der Waals surface area contributed by atoms with Crippen molar-refractivity contribution in [1.82, 2.24) is 14.7 Å². The van der Waals surface area contributed by atoms with Gasteiger partial charge in [0.1, 0.15) is 11.5 Å². The zero-order chi connectivity index (χ0) is 20.5. The topological polar surface area (TPSA) is 64.2 Å². The van der Waals surface area contributed by atoms with E-state index in [0.29, 0.717) is 12.2 Å². The minimum atomic E-state index is -0.688. The first kappa shape index (κ1) is 19.3. The lowest BCUT2D eigenvalue weighted by molar-refractivity contribution is -0.122. The molecule has 2 aromatic carbocycles. The Bertz CT molecular complexity index is 1060. The van der Waals surface area contributed by atoms with Gasteiger partial charge in [-0.05, 0) is 44.0 Å². The van der Waals surface area contributed by atoms with Crippen LogP contribution in [0.15, 0.2) is 48.7 Å². The van der Waals surface area contributed by atoms with Crippen molar-refractivity contribution in [2.24, 2.45) is 5.73 Å². The van der Waals surface area contributed by atoms with Gasteiger partial charge in [0.05, 0.1) is 11.7 Å². The minimum Gasteiger partial charge on any atom is -0.368 e. The molecule has 4 rings (SSSR count). The lowest BCUT2D eigenvalue weighted by Crippen LogP contribution is -2.39. The average molecular weight is 396 g/mol. The largest absolute Gasteiger partial charge is 0.368 e. The van der Waals surface area contributed by atoms with Gasteiger partial charge in [0, 0.05) is 29.9 Å². The Hall–Kier alpha value is -3.06. The smallest absolute Gasteiger partial charge is 0.234 e. The fourth-order valence-corrected chi connectivity index (χ4v) is 3.94. The highest BCUT2D eigenvalue weighted by Gasteiger charge is 2.30. The number of amides is 1. The fourth-order valence-electron chi connectivity index (χ4n) is 3.94. The molecule has 0 saturated carbocycles. The fraction of sp³-hybridized carbons (Fsp3) is 0.273. The molecule has 2 N–H and O–H groups in total. The van der Waals surface area contributed by atoms with Crippen molar-refractivity contribution in [2.75, 3.05) is 6.54 Å². The van der Waals surface area contributed by atoms with Crippen molar-refractivity contribution in [1.29, 1.82) is 0 Å². The Morgan fingerprint density at radius 1 is 1.24 bits per heavy atom. The summed E-state index contributed by atoms with van der Waals surface area (Å²) >= 11 is 0. The molecule has 5 nitrogen and oxygen atoms in total. The second kappa shape index (κ2) is 7.75. The molecule has 0 radical (unpaired) electrons. The number of nitrogens with zero attached hydrogens (tertiary/aromatic N) is 3. The number of likely N-dealkylation sites (tertiary alicyclic amines) is 1. The van der Waals surface area contributed by atoms with Crippen LogP contribution in [-0.4, -0.2) is 33.2 Å². The third-order valence-electron chi connectivity index (χ3n) is 5.41. The van der Waals surface area contributed by atoms with Gasteiger partial charge in [-0.25, -0.2) is 13.5 Å². The number of aryl methyl sites for hydroxylation is 1. The third kappa shape index (κ3) is 3.78. The van der Waals surface area contributed by atoms with Crippen LogP contribution in [0.2, 0.25) is 0 Å². The number of hydrogen-bond donors (Lipinski definition) is 1. The van der Waals surface area contributed by atoms with E-state index in [0.717, 1.165) is 42.1 Å². The van der Waals surface area contributed by atoms with E-state index in [1.807, 2.05) is 36.1 Å². The monoisotopic (exact) mass is 396 g/mol. The maximum atomic E-state index is 14.4. The van der Waals surface area contributed by atoms with E-state index in [9.17, 15) is 13.6 Å². The highest BCUT2D eigenvalue weighted by molar-refractivity contribution is 5.80.